The van der Waals surface area contributed by atoms with Gasteiger partial charge in [-0.3, -0.25) is 14.2 Å². The van der Waals surface area contributed by atoms with Gasteiger partial charge in [-0.05, 0) is 43.2 Å². The fraction of sp³-hybridized carbons (Fsp3) is 0.235. The Morgan fingerprint density at radius 2 is 1.88 bits per heavy atom. The van der Waals surface area contributed by atoms with Gasteiger partial charge < -0.3 is 10.6 Å². The van der Waals surface area contributed by atoms with Crippen molar-refractivity contribution in [2.45, 2.75) is 25.4 Å². The van der Waals surface area contributed by atoms with Crippen molar-refractivity contribution >= 4 is 33.9 Å². The van der Waals surface area contributed by atoms with Crippen LogP contribution >= 0.6 is 10.6 Å². The van der Waals surface area contributed by atoms with Gasteiger partial charge in [0.25, 0.3) is 0 Å². The number of nitrogens with one attached hydrogen (secondary N) is 3. The third kappa shape index (κ3) is 3.36. The SMILES string of the molecule is Cc1[nH]nc(Nc2ccnc(Nc3ccc4c(c3)CS(O)(O)C4)n2)c1C. The van der Waals surface area contributed by atoms with E-state index in [0.29, 0.717) is 23.3 Å². The standard InChI is InChI=1S/C17H20N6O2S/c1-10-11(2)22-23-16(10)20-15-5-6-18-17(21-15)19-14-4-3-12-8-26(24,25)9-13(12)7-14/h3-7,24-25H,8-9H2,1-2H3,(H3,18,19,20,21,22,23). The van der Waals surface area contributed by atoms with E-state index in [9.17, 15) is 9.11 Å². The number of rotatable bonds is 4. The molecule has 0 saturated carbocycles. The van der Waals surface area contributed by atoms with Crippen molar-refractivity contribution in [1.82, 2.24) is 20.2 Å². The summed E-state index contributed by atoms with van der Waals surface area (Å²) in [7, 11) is -2.52. The zero-order valence-corrected chi connectivity index (χ0v) is 15.3. The minimum Gasteiger partial charge on any atom is -0.324 e. The molecule has 0 saturated heterocycles. The van der Waals surface area contributed by atoms with Gasteiger partial charge in [-0.15, -0.1) is 0 Å². The van der Waals surface area contributed by atoms with Crippen molar-refractivity contribution in [1.29, 1.82) is 0 Å². The molecule has 1 aliphatic heterocycles. The lowest BCUT2D eigenvalue weighted by Crippen LogP contribution is -2.01. The highest BCUT2D eigenvalue weighted by atomic mass is 32.3. The highest BCUT2D eigenvalue weighted by Gasteiger charge is 2.25. The number of aryl methyl sites for hydroxylation is 1. The van der Waals surface area contributed by atoms with Crippen LogP contribution in [0, 0.1) is 13.8 Å². The molecule has 8 nitrogen and oxygen atoms in total. The zero-order valence-electron chi connectivity index (χ0n) is 14.4. The van der Waals surface area contributed by atoms with Gasteiger partial charge in [0.2, 0.25) is 5.95 Å². The Kier molecular flexibility index (Phi) is 4.06. The molecule has 0 unspecified atom stereocenters. The first-order valence-electron chi connectivity index (χ1n) is 8.14. The van der Waals surface area contributed by atoms with Crippen molar-refractivity contribution in [3.63, 3.8) is 0 Å². The molecule has 1 aliphatic rings. The molecule has 3 aromatic rings. The van der Waals surface area contributed by atoms with Crippen LogP contribution in [0.5, 0.6) is 0 Å². The van der Waals surface area contributed by atoms with Gasteiger partial charge in [-0.1, -0.05) is 6.07 Å². The Labute approximate surface area is 152 Å². The molecule has 0 atom stereocenters. The molecular formula is C17H20N6O2S. The minimum atomic E-state index is -2.52. The molecule has 1 aromatic carbocycles. The summed E-state index contributed by atoms with van der Waals surface area (Å²) in [6.07, 6.45) is 1.66. The van der Waals surface area contributed by atoms with Crippen LogP contribution in [0.1, 0.15) is 22.4 Å². The summed E-state index contributed by atoms with van der Waals surface area (Å²) in [5.74, 6) is 2.45. The highest BCUT2D eigenvalue weighted by molar-refractivity contribution is 8.23. The zero-order chi connectivity index (χ0) is 18.3. The second kappa shape index (κ2) is 6.27. The normalized spacial score (nSPS) is 16.2. The van der Waals surface area contributed by atoms with Gasteiger partial charge in [-0.25, -0.2) is 4.98 Å². The first-order valence-corrected chi connectivity index (χ1v) is 10.0. The van der Waals surface area contributed by atoms with Gasteiger partial charge >= 0.3 is 0 Å². The Morgan fingerprint density at radius 1 is 1.08 bits per heavy atom. The van der Waals surface area contributed by atoms with E-state index in [4.69, 9.17) is 0 Å². The van der Waals surface area contributed by atoms with E-state index in [-0.39, 0.29) is 0 Å². The first-order chi connectivity index (χ1) is 12.4. The number of H-pyrrole nitrogens is 1. The average Bonchev–Trinajstić information content (AvgIpc) is 3.06. The molecule has 4 rings (SSSR count). The van der Waals surface area contributed by atoms with Gasteiger partial charge in [0.1, 0.15) is 5.82 Å². The second-order valence-electron chi connectivity index (χ2n) is 6.41. The van der Waals surface area contributed by atoms with Crippen LogP contribution in [0.3, 0.4) is 0 Å². The molecule has 0 bridgehead atoms. The summed E-state index contributed by atoms with van der Waals surface area (Å²) in [6.45, 7) is 3.94. The Morgan fingerprint density at radius 3 is 2.65 bits per heavy atom. The quantitative estimate of drug-likeness (QED) is 0.468. The topological polar surface area (TPSA) is 119 Å². The second-order valence-corrected chi connectivity index (χ2v) is 8.59. The molecule has 0 spiro atoms. The lowest BCUT2D eigenvalue weighted by atomic mass is 10.1. The number of fused-ring (bicyclic) bond motifs is 1. The van der Waals surface area contributed by atoms with Crippen LogP contribution in [0.4, 0.5) is 23.3 Å². The summed E-state index contributed by atoms with van der Waals surface area (Å²) in [4.78, 5) is 8.70. The lowest BCUT2D eigenvalue weighted by Gasteiger charge is -2.25. The van der Waals surface area contributed by atoms with Crippen LogP contribution < -0.4 is 10.6 Å². The number of anilines is 4. The van der Waals surface area contributed by atoms with Crippen LogP contribution in [0.25, 0.3) is 0 Å². The number of hydrogen-bond acceptors (Lipinski definition) is 7. The largest absolute Gasteiger partial charge is 0.324 e. The van der Waals surface area contributed by atoms with Gasteiger partial charge in [0.05, 0.1) is 11.5 Å². The highest BCUT2D eigenvalue weighted by Crippen LogP contribution is 2.52. The molecule has 0 radical (unpaired) electrons. The number of hydrogen-bond donors (Lipinski definition) is 5. The minimum absolute atomic E-state index is 0.304. The molecule has 0 amide bonds. The van der Waals surface area contributed by atoms with Gasteiger partial charge in [0.15, 0.2) is 5.82 Å². The molecule has 26 heavy (non-hydrogen) atoms. The predicted molar refractivity (Wildman–Crippen MR) is 103 cm³/mol. The molecule has 2 aromatic heterocycles. The maximum absolute atomic E-state index is 9.87. The Hall–Kier alpha value is -2.62. The Balaban J connectivity index is 1.52. The van der Waals surface area contributed by atoms with Crippen molar-refractivity contribution < 1.29 is 9.11 Å². The number of benzene rings is 1. The summed E-state index contributed by atoms with van der Waals surface area (Å²) in [6, 6.07) is 7.49. The van der Waals surface area contributed by atoms with Crippen molar-refractivity contribution in [2.75, 3.05) is 10.6 Å². The van der Waals surface area contributed by atoms with E-state index >= 15 is 0 Å². The predicted octanol–water partition coefficient (Wildman–Crippen LogP) is 4.07. The monoisotopic (exact) mass is 372 g/mol. The third-order valence-corrected chi connectivity index (χ3v) is 5.94. The van der Waals surface area contributed by atoms with E-state index in [1.165, 1.54) is 0 Å². The summed E-state index contributed by atoms with van der Waals surface area (Å²) in [5, 5.41) is 13.5. The van der Waals surface area contributed by atoms with Crippen molar-refractivity contribution in [3.8, 4) is 0 Å². The summed E-state index contributed by atoms with van der Waals surface area (Å²) in [5.41, 5.74) is 4.78. The number of aromatic nitrogens is 4. The third-order valence-electron chi connectivity index (χ3n) is 4.39. The van der Waals surface area contributed by atoms with E-state index < -0.39 is 10.6 Å². The number of aromatic amines is 1. The molecule has 136 valence electrons. The Bertz CT molecular complexity index is 972. The fourth-order valence-electron chi connectivity index (χ4n) is 2.87. The van der Waals surface area contributed by atoms with Crippen LogP contribution in [-0.4, -0.2) is 29.3 Å². The lowest BCUT2D eigenvalue weighted by molar-refractivity contribution is 0.489. The molecule has 5 N–H and O–H groups in total. The first kappa shape index (κ1) is 16.8. The van der Waals surface area contributed by atoms with E-state index in [0.717, 1.165) is 33.9 Å². The fourth-order valence-corrected chi connectivity index (χ4v) is 4.52. The maximum atomic E-state index is 9.87. The summed E-state index contributed by atoms with van der Waals surface area (Å²) >= 11 is 0. The van der Waals surface area contributed by atoms with Crippen molar-refractivity contribution in [3.05, 3.63) is 52.8 Å². The maximum Gasteiger partial charge on any atom is 0.229 e. The molecule has 3 heterocycles. The van der Waals surface area contributed by atoms with Crippen LogP contribution in [-0.2, 0) is 11.5 Å². The van der Waals surface area contributed by atoms with Gasteiger partial charge in [-0.2, -0.15) is 20.7 Å². The molecule has 0 fully saturated rings. The van der Waals surface area contributed by atoms with E-state index in [1.807, 2.05) is 32.0 Å². The number of nitrogens with zero attached hydrogens (tertiary/aromatic N) is 3. The van der Waals surface area contributed by atoms with Gasteiger partial charge in [0, 0.05) is 23.1 Å². The van der Waals surface area contributed by atoms with E-state index in [1.54, 1.807) is 12.3 Å². The van der Waals surface area contributed by atoms with Crippen LogP contribution in [0.2, 0.25) is 0 Å². The van der Waals surface area contributed by atoms with Crippen LogP contribution in [0.15, 0.2) is 30.5 Å². The molecular weight excluding hydrogens is 352 g/mol. The van der Waals surface area contributed by atoms with E-state index in [2.05, 4.69) is 30.8 Å². The average molecular weight is 372 g/mol. The smallest absolute Gasteiger partial charge is 0.229 e. The van der Waals surface area contributed by atoms with Crippen molar-refractivity contribution in [2.24, 2.45) is 0 Å². The summed E-state index contributed by atoms with van der Waals surface area (Å²) < 4.78 is 19.7. The molecule has 0 aliphatic carbocycles. The molecule has 9 heteroatoms.